The van der Waals surface area contributed by atoms with Crippen LogP contribution in [0.4, 0.5) is 0 Å². The number of hydrogen-bond donors (Lipinski definition) is 0. The van der Waals surface area contributed by atoms with Crippen LogP contribution in [0.1, 0.15) is 19.8 Å². The second kappa shape index (κ2) is 3.75. The van der Waals surface area contributed by atoms with Gasteiger partial charge in [-0.1, -0.05) is 6.92 Å². The molecule has 2 fully saturated rings. The molecule has 0 amide bonds. The minimum atomic E-state index is 0.922. The molecule has 2 heteroatoms. The highest BCUT2D eigenvalue weighted by molar-refractivity contribution is 4.79. The maximum atomic E-state index is 5.34. The maximum Gasteiger partial charge on any atom is 0.0469 e. The lowest BCUT2D eigenvalue weighted by molar-refractivity contribution is 0.0288. The van der Waals surface area contributed by atoms with Crippen molar-refractivity contribution in [1.29, 1.82) is 0 Å². The van der Waals surface area contributed by atoms with Gasteiger partial charge in [0.15, 0.2) is 0 Å². The number of rotatable bonds is 2. The van der Waals surface area contributed by atoms with Crippen LogP contribution in [0, 0.1) is 11.8 Å². The molecule has 2 saturated heterocycles. The molecule has 0 atom stereocenters. The topological polar surface area (TPSA) is 12.5 Å². The van der Waals surface area contributed by atoms with Gasteiger partial charge in [0, 0.05) is 32.8 Å². The third-order valence-electron chi connectivity index (χ3n) is 3.00. The first-order chi connectivity index (χ1) is 5.84. The Morgan fingerprint density at radius 2 is 1.92 bits per heavy atom. The van der Waals surface area contributed by atoms with Crippen molar-refractivity contribution in [2.45, 2.75) is 19.8 Å². The molecule has 0 aromatic carbocycles. The summed E-state index contributed by atoms with van der Waals surface area (Å²) in [5.41, 5.74) is 0. The summed E-state index contributed by atoms with van der Waals surface area (Å²) in [6.45, 7) is 8.31. The van der Waals surface area contributed by atoms with Crippen molar-refractivity contribution >= 4 is 0 Å². The molecule has 0 spiro atoms. The Bertz CT molecular complexity index is 137. The third-order valence-corrected chi connectivity index (χ3v) is 3.00. The molecule has 70 valence electrons. The van der Waals surface area contributed by atoms with Crippen molar-refractivity contribution in [2.75, 3.05) is 32.8 Å². The van der Waals surface area contributed by atoms with Crippen molar-refractivity contribution in [3.8, 4) is 0 Å². The van der Waals surface area contributed by atoms with Gasteiger partial charge in [-0.25, -0.2) is 0 Å². The summed E-state index contributed by atoms with van der Waals surface area (Å²) >= 11 is 0. The Hall–Kier alpha value is -0.0800. The molecule has 0 aromatic rings. The van der Waals surface area contributed by atoms with E-state index in [1.54, 1.807) is 0 Å². The molecule has 2 nitrogen and oxygen atoms in total. The summed E-state index contributed by atoms with van der Waals surface area (Å²) in [5.74, 6) is 1.87. The highest BCUT2D eigenvalue weighted by Gasteiger charge is 2.25. The van der Waals surface area contributed by atoms with Crippen LogP contribution in [-0.2, 0) is 4.74 Å². The molecule has 12 heavy (non-hydrogen) atoms. The van der Waals surface area contributed by atoms with Gasteiger partial charge in [0.05, 0.1) is 0 Å². The molecule has 0 saturated carbocycles. The standard InChI is InChI=1S/C10H19NO/c1-9-6-11(7-9)8-10-2-4-12-5-3-10/h9-10H,2-8H2,1H3. The second-order valence-corrected chi connectivity index (χ2v) is 4.38. The summed E-state index contributed by atoms with van der Waals surface area (Å²) in [7, 11) is 0. The molecule has 2 heterocycles. The molecule has 2 aliphatic rings. The largest absolute Gasteiger partial charge is 0.381 e. The summed E-state index contributed by atoms with van der Waals surface area (Å²) in [6.07, 6.45) is 2.57. The Kier molecular flexibility index (Phi) is 2.66. The SMILES string of the molecule is CC1CN(CC2CCOCC2)C1. The summed E-state index contributed by atoms with van der Waals surface area (Å²) in [5, 5.41) is 0. The van der Waals surface area contributed by atoms with E-state index in [1.807, 2.05) is 0 Å². The summed E-state index contributed by atoms with van der Waals surface area (Å²) in [6, 6.07) is 0. The molecule has 2 aliphatic heterocycles. The van der Waals surface area contributed by atoms with Crippen LogP contribution in [0.5, 0.6) is 0 Å². The zero-order valence-corrected chi connectivity index (χ0v) is 7.96. The average Bonchev–Trinajstić information content (AvgIpc) is 2.04. The fraction of sp³-hybridized carbons (Fsp3) is 1.00. The van der Waals surface area contributed by atoms with Gasteiger partial charge in [0.1, 0.15) is 0 Å². The van der Waals surface area contributed by atoms with E-state index in [0.717, 1.165) is 25.0 Å². The minimum Gasteiger partial charge on any atom is -0.381 e. The van der Waals surface area contributed by atoms with Gasteiger partial charge in [-0.05, 0) is 24.7 Å². The van der Waals surface area contributed by atoms with Crippen molar-refractivity contribution < 1.29 is 4.74 Å². The van der Waals surface area contributed by atoms with Gasteiger partial charge in [-0.3, -0.25) is 0 Å². The van der Waals surface area contributed by atoms with Gasteiger partial charge in [-0.2, -0.15) is 0 Å². The predicted octanol–water partition coefficient (Wildman–Crippen LogP) is 1.36. The zero-order chi connectivity index (χ0) is 8.39. The Labute approximate surface area is 74.9 Å². The van der Waals surface area contributed by atoms with Crippen molar-refractivity contribution in [3.63, 3.8) is 0 Å². The first-order valence-corrected chi connectivity index (χ1v) is 5.14. The van der Waals surface area contributed by atoms with Gasteiger partial charge in [0.25, 0.3) is 0 Å². The van der Waals surface area contributed by atoms with E-state index in [9.17, 15) is 0 Å². The van der Waals surface area contributed by atoms with Crippen LogP contribution in [-0.4, -0.2) is 37.7 Å². The second-order valence-electron chi connectivity index (χ2n) is 4.38. The smallest absolute Gasteiger partial charge is 0.0469 e. The van der Waals surface area contributed by atoms with Gasteiger partial charge in [-0.15, -0.1) is 0 Å². The van der Waals surface area contributed by atoms with Crippen LogP contribution < -0.4 is 0 Å². The molecule has 0 N–H and O–H groups in total. The lowest BCUT2D eigenvalue weighted by Gasteiger charge is -2.40. The average molecular weight is 169 g/mol. The Balaban J connectivity index is 1.65. The molecule has 2 rings (SSSR count). The quantitative estimate of drug-likeness (QED) is 0.619. The number of nitrogens with zero attached hydrogens (tertiary/aromatic N) is 1. The monoisotopic (exact) mass is 169 g/mol. The number of hydrogen-bond acceptors (Lipinski definition) is 2. The molecule has 0 aromatic heterocycles. The Morgan fingerprint density at radius 1 is 1.25 bits per heavy atom. The molecule has 0 bridgehead atoms. The highest BCUT2D eigenvalue weighted by Crippen LogP contribution is 2.21. The van der Waals surface area contributed by atoms with Gasteiger partial charge >= 0.3 is 0 Å². The van der Waals surface area contributed by atoms with Crippen LogP contribution >= 0.6 is 0 Å². The van der Waals surface area contributed by atoms with E-state index in [0.29, 0.717) is 0 Å². The highest BCUT2D eigenvalue weighted by atomic mass is 16.5. The fourth-order valence-corrected chi connectivity index (χ4v) is 2.27. The fourth-order valence-electron chi connectivity index (χ4n) is 2.27. The van der Waals surface area contributed by atoms with Crippen molar-refractivity contribution in [2.24, 2.45) is 11.8 Å². The lowest BCUT2D eigenvalue weighted by atomic mass is 9.95. The van der Waals surface area contributed by atoms with Crippen LogP contribution in [0.2, 0.25) is 0 Å². The van der Waals surface area contributed by atoms with E-state index < -0.39 is 0 Å². The number of ether oxygens (including phenoxy) is 1. The van der Waals surface area contributed by atoms with Gasteiger partial charge < -0.3 is 9.64 Å². The summed E-state index contributed by atoms with van der Waals surface area (Å²) < 4.78 is 5.34. The van der Waals surface area contributed by atoms with E-state index in [4.69, 9.17) is 4.74 Å². The van der Waals surface area contributed by atoms with Crippen LogP contribution in [0.15, 0.2) is 0 Å². The Morgan fingerprint density at radius 3 is 2.50 bits per heavy atom. The van der Waals surface area contributed by atoms with E-state index in [1.165, 1.54) is 32.5 Å². The number of likely N-dealkylation sites (tertiary alicyclic amines) is 1. The molecule has 0 radical (unpaired) electrons. The zero-order valence-electron chi connectivity index (χ0n) is 7.96. The van der Waals surface area contributed by atoms with E-state index >= 15 is 0 Å². The van der Waals surface area contributed by atoms with Crippen molar-refractivity contribution in [1.82, 2.24) is 4.90 Å². The normalized spacial score (nSPS) is 28.8. The first kappa shape index (κ1) is 8.52. The predicted molar refractivity (Wildman–Crippen MR) is 49.1 cm³/mol. The van der Waals surface area contributed by atoms with Crippen LogP contribution in [0.25, 0.3) is 0 Å². The summed E-state index contributed by atoms with van der Waals surface area (Å²) in [4.78, 5) is 2.58. The molecule has 0 aliphatic carbocycles. The molecule has 0 unspecified atom stereocenters. The van der Waals surface area contributed by atoms with Gasteiger partial charge in [0.2, 0.25) is 0 Å². The molecular formula is C10H19NO. The maximum absolute atomic E-state index is 5.34. The van der Waals surface area contributed by atoms with E-state index in [2.05, 4.69) is 11.8 Å². The lowest BCUT2D eigenvalue weighted by Crippen LogP contribution is -2.47. The van der Waals surface area contributed by atoms with Crippen molar-refractivity contribution in [3.05, 3.63) is 0 Å². The molecular weight excluding hydrogens is 150 g/mol. The van der Waals surface area contributed by atoms with E-state index in [-0.39, 0.29) is 0 Å². The van der Waals surface area contributed by atoms with Crippen LogP contribution in [0.3, 0.4) is 0 Å². The first-order valence-electron chi connectivity index (χ1n) is 5.14. The third kappa shape index (κ3) is 1.99. The minimum absolute atomic E-state index is 0.922.